The number of hydrogen-bond acceptors (Lipinski definition) is 3. The van der Waals surface area contributed by atoms with Crippen LogP contribution in [0.5, 0.6) is 0 Å². The normalized spacial score (nSPS) is 17.6. The van der Waals surface area contributed by atoms with E-state index < -0.39 is 0 Å². The van der Waals surface area contributed by atoms with Crippen LogP contribution in [-0.2, 0) is 4.79 Å². The zero-order valence-electron chi connectivity index (χ0n) is 14.7. The number of amides is 3. The van der Waals surface area contributed by atoms with Gasteiger partial charge in [0.1, 0.15) is 0 Å². The Balaban J connectivity index is 1.43. The molecule has 2 aliphatic rings. The van der Waals surface area contributed by atoms with E-state index in [4.69, 9.17) is 0 Å². The fourth-order valence-electron chi connectivity index (χ4n) is 3.98. The smallest absolute Gasteiger partial charge is 0.261 e. The summed E-state index contributed by atoms with van der Waals surface area (Å²) >= 11 is 0. The van der Waals surface area contributed by atoms with E-state index in [2.05, 4.69) is 5.32 Å². The lowest BCUT2D eigenvalue weighted by Gasteiger charge is -2.21. The van der Waals surface area contributed by atoms with Crippen molar-refractivity contribution in [2.45, 2.75) is 32.1 Å². The van der Waals surface area contributed by atoms with Crippen LogP contribution >= 0.6 is 0 Å². The Bertz CT molecular complexity index is 829. The summed E-state index contributed by atoms with van der Waals surface area (Å²) in [6.45, 7) is 0.515. The number of imide groups is 1. The van der Waals surface area contributed by atoms with Gasteiger partial charge >= 0.3 is 0 Å². The van der Waals surface area contributed by atoms with E-state index in [1.165, 1.54) is 11.3 Å². The van der Waals surface area contributed by atoms with Crippen molar-refractivity contribution in [3.63, 3.8) is 0 Å². The summed E-state index contributed by atoms with van der Waals surface area (Å²) in [7, 11) is 0. The van der Waals surface area contributed by atoms with Crippen LogP contribution in [0.2, 0.25) is 0 Å². The Morgan fingerprint density at radius 2 is 1.54 bits per heavy atom. The second kappa shape index (κ2) is 6.90. The number of benzene rings is 2. The lowest BCUT2D eigenvalue weighted by atomic mass is 9.89. The van der Waals surface area contributed by atoms with Crippen molar-refractivity contribution in [2.75, 3.05) is 13.1 Å². The molecule has 1 N–H and O–H groups in total. The molecule has 1 heterocycles. The quantitative estimate of drug-likeness (QED) is 0.862. The highest BCUT2D eigenvalue weighted by Gasteiger charge is 2.35. The van der Waals surface area contributed by atoms with Gasteiger partial charge in [0.2, 0.25) is 5.91 Å². The van der Waals surface area contributed by atoms with Crippen LogP contribution in [0.25, 0.3) is 10.8 Å². The third kappa shape index (κ3) is 2.98. The number of rotatable bonds is 4. The van der Waals surface area contributed by atoms with Crippen LogP contribution in [0.3, 0.4) is 0 Å². The van der Waals surface area contributed by atoms with Crippen LogP contribution in [0.15, 0.2) is 36.4 Å². The number of nitrogens with one attached hydrogen (secondary N) is 1. The molecule has 0 spiro atoms. The van der Waals surface area contributed by atoms with Crippen molar-refractivity contribution in [1.29, 1.82) is 0 Å². The first-order valence-corrected chi connectivity index (χ1v) is 9.32. The molecular weight excluding hydrogens is 328 g/mol. The molecule has 0 bridgehead atoms. The molecule has 0 radical (unpaired) electrons. The molecule has 134 valence electrons. The zero-order chi connectivity index (χ0) is 18.1. The Hall–Kier alpha value is -2.69. The van der Waals surface area contributed by atoms with Crippen molar-refractivity contribution < 1.29 is 14.4 Å². The minimum atomic E-state index is -0.275. The van der Waals surface area contributed by atoms with Crippen LogP contribution in [0.4, 0.5) is 0 Å². The molecule has 1 aliphatic heterocycles. The third-order valence-electron chi connectivity index (χ3n) is 5.45. The van der Waals surface area contributed by atoms with Gasteiger partial charge in [-0.15, -0.1) is 0 Å². The first kappa shape index (κ1) is 16.8. The lowest BCUT2D eigenvalue weighted by Crippen LogP contribution is -2.40. The molecule has 0 saturated heterocycles. The summed E-state index contributed by atoms with van der Waals surface area (Å²) in [6, 6.07) is 11.3. The number of carbonyl (C=O) groups excluding carboxylic acids is 3. The second-order valence-corrected chi connectivity index (χ2v) is 7.13. The van der Waals surface area contributed by atoms with Gasteiger partial charge in [0.05, 0.1) is 11.1 Å². The van der Waals surface area contributed by atoms with Crippen molar-refractivity contribution in [1.82, 2.24) is 10.2 Å². The highest BCUT2D eigenvalue weighted by molar-refractivity contribution is 6.23. The molecule has 0 atom stereocenters. The summed E-state index contributed by atoms with van der Waals surface area (Å²) in [5.41, 5.74) is 0.902. The lowest BCUT2D eigenvalue weighted by molar-refractivity contribution is -0.125. The maximum atomic E-state index is 12.6. The SMILES string of the molecule is O=C(NCCN1C(=O)c2cc3ccccc3cc2C1=O)C1CCCCC1. The molecule has 2 aromatic carbocycles. The Morgan fingerprint density at radius 3 is 2.12 bits per heavy atom. The summed E-state index contributed by atoms with van der Waals surface area (Å²) in [5, 5.41) is 4.78. The van der Waals surface area contributed by atoms with E-state index in [0.717, 1.165) is 36.5 Å². The van der Waals surface area contributed by atoms with Gasteiger partial charge < -0.3 is 5.32 Å². The summed E-state index contributed by atoms with van der Waals surface area (Å²) in [5.74, 6) is -0.423. The van der Waals surface area contributed by atoms with E-state index in [-0.39, 0.29) is 30.2 Å². The predicted octanol–water partition coefficient (Wildman–Crippen LogP) is 3.13. The molecule has 4 rings (SSSR count). The van der Waals surface area contributed by atoms with Gasteiger partial charge in [-0.1, -0.05) is 43.5 Å². The fraction of sp³-hybridized carbons (Fsp3) is 0.381. The van der Waals surface area contributed by atoms with Crippen molar-refractivity contribution in [3.8, 4) is 0 Å². The largest absolute Gasteiger partial charge is 0.354 e. The summed E-state index contributed by atoms with van der Waals surface area (Å²) < 4.78 is 0. The van der Waals surface area contributed by atoms with E-state index in [1.54, 1.807) is 12.1 Å². The standard InChI is InChI=1S/C21H22N2O3/c24-19(14-6-2-1-3-7-14)22-10-11-23-20(25)17-12-15-8-4-5-9-16(15)13-18(17)21(23)26/h4-5,8-9,12-14H,1-3,6-7,10-11H2,(H,22,24). The van der Waals surface area contributed by atoms with E-state index in [0.29, 0.717) is 17.7 Å². The third-order valence-corrected chi connectivity index (χ3v) is 5.45. The molecule has 3 amide bonds. The molecule has 0 aromatic heterocycles. The molecule has 26 heavy (non-hydrogen) atoms. The first-order chi connectivity index (χ1) is 12.6. The van der Waals surface area contributed by atoms with Crippen molar-refractivity contribution in [3.05, 3.63) is 47.5 Å². The Labute approximate surface area is 152 Å². The van der Waals surface area contributed by atoms with Crippen LogP contribution in [0, 0.1) is 5.92 Å². The van der Waals surface area contributed by atoms with Crippen LogP contribution < -0.4 is 5.32 Å². The van der Waals surface area contributed by atoms with Crippen molar-refractivity contribution >= 4 is 28.5 Å². The molecule has 1 aliphatic carbocycles. The van der Waals surface area contributed by atoms with Gasteiger partial charge in [-0.2, -0.15) is 0 Å². The van der Waals surface area contributed by atoms with Gasteiger partial charge in [-0.25, -0.2) is 0 Å². The monoisotopic (exact) mass is 350 g/mol. The van der Waals surface area contributed by atoms with Crippen LogP contribution in [0.1, 0.15) is 52.8 Å². The number of hydrogen-bond donors (Lipinski definition) is 1. The molecule has 1 saturated carbocycles. The summed E-state index contributed by atoms with van der Waals surface area (Å²) in [6.07, 6.45) is 5.28. The van der Waals surface area contributed by atoms with Gasteiger partial charge in [0.25, 0.3) is 11.8 Å². The maximum Gasteiger partial charge on any atom is 0.261 e. The number of carbonyl (C=O) groups is 3. The van der Waals surface area contributed by atoms with Gasteiger partial charge in [0.15, 0.2) is 0 Å². The number of nitrogens with zero attached hydrogens (tertiary/aromatic N) is 1. The molecule has 1 fully saturated rings. The topological polar surface area (TPSA) is 66.5 Å². The highest BCUT2D eigenvalue weighted by atomic mass is 16.2. The zero-order valence-corrected chi connectivity index (χ0v) is 14.7. The van der Waals surface area contributed by atoms with Crippen molar-refractivity contribution in [2.24, 2.45) is 5.92 Å². The fourth-order valence-corrected chi connectivity index (χ4v) is 3.98. The second-order valence-electron chi connectivity index (χ2n) is 7.13. The average Bonchev–Trinajstić information content (AvgIpc) is 2.91. The average molecular weight is 350 g/mol. The highest BCUT2D eigenvalue weighted by Crippen LogP contribution is 2.28. The molecule has 2 aromatic rings. The Kier molecular flexibility index (Phi) is 4.45. The first-order valence-electron chi connectivity index (χ1n) is 9.32. The summed E-state index contributed by atoms with van der Waals surface area (Å²) in [4.78, 5) is 38.7. The van der Waals surface area contributed by atoms with Gasteiger partial charge in [-0.3, -0.25) is 19.3 Å². The van der Waals surface area contributed by atoms with E-state index in [1.807, 2.05) is 24.3 Å². The van der Waals surface area contributed by atoms with Gasteiger partial charge in [0, 0.05) is 19.0 Å². The molecule has 5 heteroatoms. The number of fused-ring (bicyclic) bond motifs is 2. The van der Waals surface area contributed by atoms with Gasteiger partial charge in [-0.05, 0) is 35.7 Å². The minimum absolute atomic E-state index is 0.0482. The predicted molar refractivity (Wildman–Crippen MR) is 98.9 cm³/mol. The van der Waals surface area contributed by atoms with E-state index in [9.17, 15) is 14.4 Å². The molecule has 5 nitrogen and oxygen atoms in total. The molecule has 0 unspecified atom stereocenters. The molecular formula is C21H22N2O3. The minimum Gasteiger partial charge on any atom is -0.354 e. The van der Waals surface area contributed by atoms with E-state index >= 15 is 0 Å². The Morgan fingerprint density at radius 1 is 0.962 bits per heavy atom. The maximum absolute atomic E-state index is 12.6. The van der Waals surface area contributed by atoms with Crippen LogP contribution in [-0.4, -0.2) is 35.7 Å².